The van der Waals surface area contributed by atoms with Gasteiger partial charge in [-0.15, -0.1) is 0 Å². The van der Waals surface area contributed by atoms with Crippen molar-refractivity contribution >= 4 is 34.2 Å². The summed E-state index contributed by atoms with van der Waals surface area (Å²) < 4.78 is 15.7. The molecule has 0 aliphatic carbocycles. The van der Waals surface area contributed by atoms with Crippen molar-refractivity contribution in [3.8, 4) is 0 Å². The van der Waals surface area contributed by atoms with E-state index in [1.807, 2.05) is 0 Å². The summed E-state index contributed by atoms with van der Waals surface area (Å²) in [4.78, 5) is 38.1. The van der Waals surface area contributed by atoms with Crippen molar-refractivity contribution in [2.24, 2.45) is 0 Å². The Hall–Kier alpha value is -4.05. The van der Waals surface area contributed by atoms with Crippen LogP contribution in [-0.4, -0.2) is 31.4 Å². The van der Waals surface area contributed by atoms with Gasteiger partial charge in [0.1, 0.15) is 16.5 Å². The first-order valence-electron chi connectivity index (χ1n) is 10.4. The number of aromatic nitrogens is 4. The molecule has 0 fully saturated rings. The largest absolute Gasteiger partial charge is 0.290 e. The number of carbonyl (C=O) groups is 2. The zero-order valence-corrected chi connectivity index (χ0v) is 19.1. The molecular formula is C23H20ClFN6O3. The number of carbonyl (C=O) groups excluding carboxylic acids is 2. The van der Waals surface area contributed by atoms with Crippen LogP contribution in [0.25, 0.3) is 10.8 Å². The van der Waals surface area contributed by atoms with Crippen molar-refractivity contribution < 1.29 is 14.0 Å². The molecule has 4 aromatic rings. The summed E-state index contributed by atoms with van der Waals surface area (Å²) in [6.07, 6.45) is 0. The maximum absolute atomic E-state index is 13.1. The lowest BCUT2D eigenvalue weighted by molar-refractivity contribution is 0.0843. The summed E-state index contributed by atoms with van der Waals surface area (Å²) in [6, 6.07) is 12.4. The lowest BCUT2D eigenvalue weighted by Crippen LogP contribution is -2.43. The molecule has 0 aliphatic heterocycles. The van der Waals surface area contributed by atoms with E-state index >= 15 is 0 Å². The van der Waals surface area contributed by atoms with Crippen molar-refractivity contribution in [3.63, 3.8) is 0 Å². The number of halogens is 2. The number of amides is 2. The van der Waals surface area contributed by atoms with Gasteiger partial charge in [-0.3, -0.25) is 25.2 Å². The SMILES string of the molecule is CCn1nc(C(=O)NNC(=O)c2c(C)nn(Cc3ccc(F)cc3)c2Cl)c2ccccc2c1=O. The zero-order chi connectivity index (χ0) is 24.4. The highest BCUT2D eigenvalue weighted by Gasteiger charge is 2.22. The number of aryl methyl sites for hydroxylation is 2. The van der Waals surface area contributed by atoms with E-state index in [-0.39, 0.29) is 40.9 Å². The van der Waals surface area contributed by atoms with E-state index in [4.69, 9.17) is 11.6 Å². The molecule has 0 aliphatic rings. The average Bonchev–Trinajstić information content (AvgIpc) is 3.11. The number of hydrogen-bond donors (Lipinski definition) is 2. The minimum absolute atomic E-state index is 0.00725. The highest BCUT2D eigenvalue weighted by molar-refractivity contribution is 6.33. The lowest BCUT2D eigenvalue weighted by atomic mass is 10.1. The van der Waals surface area contributed by atoms with Crippen LogP contribution in [-0.2, 0) is 13.1 Å². The van der Waals surface area contributed by atoms with E-state index in [0.29, 0.717) is 16.5 Å². The Balaban J connectivity index is 1.54. The molecule has 9 nitrogen and oxygen atoms in total. The predicted octanol–water partition coefficient (Wildman–Crippen LogP) is 2.84. The van der Waals surface area contributed by atoms with Crippen LogP contribution in [0.4, 0.5) is 4.39 Å². The third-order valence-electron chi connectivity index (χ3n) is 5.21. The van der Waals surface area contributed by atoms with Gasteiger partial charge >= 0.3 is 0 Å². The molecule has 11 heteroatoms. The molecule has 0 radical (unpaired) electrons. The molecule has 0 spiro atoms. The number of hydrazine groups is 1. The Morgan fingerprint density at radius 3 is 2.29 bits per heavy atom. The molecule has 4 rings (SSSR count). The minimum atomic E-state index is -0.695. The van der Waals surface area contributed by atoms with Gasteiger partial charge in [0.25, 0.3) is 17.4 Å². The summed E-state index contributed by atoms with van der Waals surface area (Å²) >= 11 is 6.38. The molecule has 2 heterocycles. The van der Waals surface area contributed by atoms with Gasteiger partial charge in [0.05, 0.1) is 17.6 Å². The van der Waals surface area contributed by atoms with E-state index < -0.39 is 11.8 Å². The summed E-state index contributed by atoms with van der Waals surface area (Å²) in [6.45, 7) is 3.85. The Kier molecular flexibility index (Phi) is 6.42. The highest BCUT2D eigenvalue weighted by atomic mass is 35.5. The highest BCUT2D eigenvalue weighted by Crippen LogP contribution is 2.21. The Bertz CT molecular complexity index is 1460. The molecule has 0 saturated carbocycles. The van der Waals surface area contributed by atoms with Crippen molar-refractivity contribution in [3.05, 3.63) is 92.4 Å². The predicted molar refractivity (Wildman–Crippen MR) is 124 cm³/mol. The van der Waals surface area contributed by atoms with Crippen molar-refractivity contribution in [1.29, 1.82) is 0 Å². The van der Waals surface area contributed by atoms with Crippen LogP contribution in [0.5, 0.6) is 0 Å². The second kappa shape index (κ2) is 9.44. The van der Waals surface area contributed by atoms with Gasteiger partial charge in [-0.1, -0.05) is 41.9 Å². The van der Waals surface area contributed by atoms with E-state index in [9.17, 15) is 18.8 Å². The number of benzene rings is 2. The molecule has 2 aromatic heterocycles. The Morgan fingerprint density at radius 2 is 1.62 bits per heavy atom. The molecule has 34 heavy (non-hydrogen) atoms. The number of hydrogen-bond acceptors (Lipinski definition) is 5. The number of nitrogens with zero attached hydrogens (tertiary/aromatic N) is 4. The molecule has 174 valence electrons. The molecule has 0 bridgehead atoms. The minimum Gasteiger partial charge on any atom is -0.267 e. The fourth-order valence-corrected chi connectivity index (χ4v) is 3.85. The second-order valence-corrected chi connectivity index (χ2v) is 7.82. The van der Waals surface area contributed by atoms with Crippen LogP contribution in [0.2, 0.25) is 5.15 Å². The van der Waals surface area contributed by atoms with Gasteiger partial charge in [-0.05, 0) is 37.6 Å². The zero-order valence-electron chi connectivity index (χ0n) is 18.3. The fraction of sp³-hybridized carbons (Fsp3) is 0.174. The third kappa shape index (κ3) is 4.40. The molecule has 0 unspecified atom stereocenters. The molecule has 0 atom stereocenters. The molecule has 0 saturated heterocycles. The smallest absolute Gasteiger partial charge is 0.267 e. The maximum atomic E-state index is 13.1. The third-order valence-corrected chi connectivity index (χ3v) is 5.59. The molecule has 2 N–H and O–H groups in total. The van der Waals surface area contributed by atoms with E-state index in [1.165, 1.54) is 21.5 Å². The van der Waals surface area contributed by atoms with Crippen molar-refractivity contribution in [2.75, 3.05) is 0 Å². The molecule has 2 aromatic carbocycles. The average molecular weight is 483 g/mol. The van der Waals surface area contributed by atoms with Crippen LogP contribution in [0, 0.1) is 12.7 Å². The fourth-order valence-electron chi connectivity index (χ4n) is 3.53. The Labute approximate surface area is 198 Å². The van der Waals surface area contributed by atoms with Gasteiger partial charge in [0.2, 0.25) is 0 Å². The van der Waals surface area contributed by atoms with E-state index in [1.54, 1.807) is 50.2 Å². The Morgan fingerprint density at radius 1 is 0.971 bits per heavy atom. The van der Waals surface area contributed by atoms with Crippen LogP contribution >= 0.6 is 11.6 Å². The lowest BCUT2D eigenvalue weighted by Gasteiger charge is -2.11. The first-order valence-corrected chi connectivity index (χ1v) is 10.8. The number of nitrogens with one attached hydrogen (secondary N) is 2. The summed E-state index contributed by atoms with van der Waals surface area (Å²) in [5.41, 5.74) is 5.51. The maximum Gasteiger partial charge on any atom is 0.290 e. The molecular weight excluding hydrogens is 463 g/mol. The summed E-state index contributed by atoms with van der Waals surface area (Å²) in [7, 11) is 0. The topological polar surface area (TPSA) is 111 Å². The van der Waals surface area contributed by atoms with Crippen LogP contribution in [0.3, 0.4) is 0 Å². The van der Waals surface area contributed by atoms with Gasteiger partial charge in [0, 0.05) is 11.9 Å². The van der Waals surface area contributed by atoms with Crippen LogP contribution in [0.1, 0.15) is 39.0 Å². The van der Waals surface area contributed by atoms with E-state index in [0.717, 1.165) is 5.56 Å². The molecule has 2 amide bonds. The monoisotopic (exact) mass is 482 g/mol. The van der Waals surface area contributed by atoms with Crippen molar-refractivity contribution in [2.45, 2.75) is 26.9 Å². The van der Waals surface area contributed by atoms with Crippen LogP contribution < -0.4 is 16.4 Å². The van der Waals surface area contributed by atoms with Crippen molar-refractivity contribution in [1.82, 2.24) is 30.4 Å². The van der Waals surface area contributed by atoms with Crippen LogP contribution in [0.15, 0.2) is 53.3 Å². The second-order valence-electron chi connectivity index (χ2n) is 7.46. The van der Waals surface area contributed by atoms with Gasteiger partial charge < -0.3 is 0 Å². The standard InChI is InChI=1S/C23H20ClFN6O3/c1-3-30-23(34)17-7-5-4-6-16(17)19(29-30)22(33)27-26-21(32)18-13(2)28-31(20(18)24)12-14-8-10-15(25)11-9-14/h4-11H,3,12H2,1-2H3,(H,26,32)(H,27,33). The summed E-state index contributed by atoms with van der Waals surface area (Å²) in [5.74, 6) is -1.73. The number of fused-ring (bicyclic) bond motifs is 1. The quantitative estimate of drug-likeness (QED) is 0.425. The van der Waals surface area contributed by atoms with Gasteiger partial charge in [-0.2, -0.15) is 10.2 Å². The first kappa shape index (κ1) is 23.1. The van der Waals surface area contributed by atoms with E-state index in [2.05, 4.69) is 21.0 Å². The number of rotatable bonds is 5. The van der Waals surface area contributed by atoms with Gasteiger partial charge in [-0.25, -0.2) is 13.8 Å². The summed E-state index contributed by atoms with van der Waals surface area (Å²) in [5, 5.41) is 9.18. The normalized spacial score (nSPS) is 10.9. The first-order chi connectivity index (χ1) is 16.3. The van der Waals surface area contributed by atoms with Gasteiger partial charge in [0.15, 0.2) is 5.69 Å².